The van der Waals surface area contributed by atoms with Gasteiger partial charge in [0.25, 0.3) is 6.71 Å². The molecular formula is C79H52B2N4OS. The molecule has 5 nitrogen and oxygen atoms in total. The van der Waals surface area contributed by atoms with Crippen LogP contribution >= 0.6 is 11.8 Å². The minimum absolute atomic E-state index is 0.0119. The Balaban J connectivity index is 0.882. The molecule has 0 bridgehead atoms. The van der Waals surface area contributed by atoms with Gasteiger partial charge in [-0.25, -0.2) is 0 Å². The number of hydrogen-bond acceptors (Lipinski definition) is 5. The zero-order valence-corrected chi connectivity index (χ0v) is 48.1. The second-order valence-electron chi connectivity index (χ2n) is 23.2. The maximum atomic E-state index is 7.50. The summed E-state index contributed by atoms with van der Waals surface area (Å²) in [5.41, 5.74) is 25.8. The van der Waals surface area contributed by atoms with Crippen molar-refractivity contribution >= 4 is 125 Å². The number of benzene rings is 13. The number of fused-ring (bicyclic) bond motifs is 11. The highest BCUT2D eigenvalue weighted by Crippen LogP contribution is 2.48. The summed E-state index contributed by atoms with van der Waals surface area (Å²) in [6.45, 7) is -0.178. The Kier molecular flexibility index (Phi) is 11.4. The number of rotatable bonds is 9. The predicted molar refractivity (Wildman–Crippen MR) is 366 cm³/mol. The highest BCUT2D eigenvalue weighted by molar-refractivity contribution is 8.00. The molecule has 0 unspecified atom stereocenters. The van der Waals surface area contributed by atoms with Gasteiger partial charge in [-0.1, -0.05) is 230 Å². The molecule has 0 atom stereocenters. The molecule has 406 valence electrons. The Bertz CT molecular complexity index is 4950. The number of para-hydroxylation sites is 6. The molecule has 8 heteroatoms. The SMILES string of the molecule is c1ccc(-c2cccc3c2Nc2cc(N(c4ccccc4)c4ccccc4)cc4c2B3c2cc3c5cc6c(cc5n(-c5ccccc5)c3cc2O4)Sc2cc(C(c3ccccc3)c3ccccc3)cc3c2B6c2ccccc2N3c2ccccc2)cc1. The van der Waals surface area contributed by atoms with E-state index in [9.17, 15) is 0 Å². The third-order valence-corrected chi connectivity index (χ3v) is 19.5. The van der Waals surface area contributed by atoms with Gasteiger partial charge >= 0.3 is 0 Å². The first-order valence-electron chi connectivity index (χ1n) is 30.0. The quantitative estimate of drug-likeness (QED) is 0.115. The van der Waals surface area contributed by atoms with E-state index in [1.165, 1.54) is 70.5 Å². The molecule has 5 heterocycles. The molecule has 14 aromatic rings. The summed E-state index contributed by atoms with van der Waals surface area (Å²) in [7, 11) is 0. The summed E-state index contributed by atoms with van der Waals surface area (Å²) in [6.07, 6.45) is 0. The first-order chi connectivity index (χ1) is 43.2. The topological polar surface area (TPSA) is 32.7 Å². The van der Waals surface area contributed by atoms with Gasteiger partial charge < -0.3 is 24.4 Å². The van der Waals surface area contributed by atoms with Crippen molar-refractivity contribution in [3.05, 3.63) is 320 Å². The summed E-state index contributed by atoms with van der Waals surface area (Å²) >= 11 is 1.92. The molecule has 1 aromatic heterocycles. The lowest BCUT2D eigenvalue weighted by Gasteiger charge is -2.41. The largest absolute Gasteiger partial charge is 0.458 e. The summed E-state index contributed by atoms with van der Waals surface area (Å²) in [4.78, 5) is 7.39. The number of anilines is 8. The number of aromatic nitrogens is 1. The Morgan fingerprint density at radius 3 is 1.63 bits per heavy atom. The second-order valence-corrected chi connectivity index (χ2v) is 24.2. The van der Waals surface area contributed by atoms with Crippen molar-refractivity contribution in [1.29, 1.82) is 0 Å². The summed E-state index contributed by atoms with van der Waals surface area (Å²) in [5, 5.41) is 6.46. The molecule has 18 rings (SSSR count). The molecule has 0 saturated carbocycles. The van der Waals surface area contributed by atoms with Crippen LogP contribution in [0.5, 0.6) is 11.5 Å². The van der Waals surface area contributed by atoms with Crippen molar-refractivity contribution in [2.75, 3.05) is 15.1 Å². The third-order valence-electron chi connectivity index (χ3n) is 18.3. The Morgan fingerprint density at radius 2 is 0.954 bits per heavy atom. The number of hydrogen-bond donors (Lipinski definition) is 1. The van der Waals surface area contributed by atoms with Crippen LogP contribution in [0.2, 0.25) is 0 Å². The minimum Gasteiger partial charge on any atom is -0.458 e. The lowest BCUT2D eigenvalue weighted by atomic mass is 9.34. The van der Waals surface area contributed by atoms with Crippen LogP contribution in [0.25, 0.3) is 38.6 Å². The maximum Gasteiger partial charge on any atom is 0.256 e. The second kappa shape index (κ2) is 20.0. The first kappa shape index (κ1) is 49.7. The summed E-state index contributed by atoms with van der Waals surface area (Å²) < 4.78 is 9.98. The van der Waals surface area contributed by atoms with E-state index in [0.717, 1.165) is 84.4 Å². The first-order valence-corrected chi connectivity index (χ1v) is 30.8. The summed E-state index contributed by atoms with van der Waals surface area (Å²) in [5.74, 6) is 1.70. The molecular weight excluding hydrogens is 1070 g/mol. The van der Waals surface area contributed by atoms with Crippen molar-refractivity contribution < 1.29 is 4.74 Å². The molecule has 0 saturated heterocycles. The van der Waals surface area contributed by atoms with Crippen molar-refractivity contribution in [3.8, 4) is 28.3 Å². The van der Waals surface area contributed by atoms with Crippen molar-refractivity contribution in [2.45, 2.75) is 15.7 Å². The highest BCUT2D eigenvalue weighted by Gasteiger charge is 2.44. The Morgan fingerprint density at radius 1 is 0.391 bits per heavy atom. The molecule has 4 aliphatic heterocycles. The third kappa shape index (κ3) is 7.91. The van der Waals surface area contributed by atoms with Gasteiger partial charge in [-0.15, -0.1) is 0 Å². The fraction of sp³-hybridized carbons (Fsp3) is 0.0127. The van der Waals surface area contributed by atoms with Crippen LogP contribution < -0.4 is 52.6 Å². The van der Waals surface area contributed by atoms with E-state index in [1.54, 1.807) is 0 Å². The van der Waals surface area contributed by atoms with Crippen LogP contribution in [0.1, 0.15) is 22.6 Å². The van der Waals surface area contributed by atoms with E-state index in [2.05, 4.69) is 323 Å². The zero-order chi connectivity index (χ0) is 57.1. The van der Waals surface area contributed by atoms with Crippen molar-refractivity contribution in [1.82, 2.24) is 4.57 Å². The smallest absolute Gasteiger partial charge is 0.256 e. The summed E-state index contributed by atoms with van der Waals surface area (Å²) in [6, 6.07) is 111. The molecule has 4 aliphatic rings. The maximum absolute atomic E-state index is 7.50. The van der Waals surface area contributed by atoms with Gasteiger partial charge in [0, 0.05) is 89.7 Å². The van der Waals surface area contributed by atoms with Gasteiger partial charge in [0.15, 0.2) is 0 Å². The van der Waals surface area contributed by atoms with Gasteiger partial charge in [0.05, 0.1) is 16.7 Å². The highest BCUT2D eigenvalue weighted by atomic mass is 32.2. The molecule has 0 spiro atoms. The molecule has 0 aliphatic carbocycles. The zero-order valence-electron chi connectivity index (χ0n) is 47.3. The molecule has 87 heavy (non-hydrogen) atoms. The Hall–Kier alpha value is -10.7. The van der Waals surface area contributed by atoms with Crippen LogP contribution in [0.4, 0.5) is 45.5 Å². The van der Waals surface area contributed by atoms with Gasteiger partial charge in [-0.3, -0.25) is 0 Å². The average molecular weight is 1130 g/mol. The number of nitrogens with zero attached hydrogens (tertiary/aromatic N) is 3. The van der Waals surface area contributed by atoms with E-state index in [0.29, 0.717) is 0 Å². The normalized spacial score (nSPS) is 13.0. The van der Waals surface area contributed by atoms with Crippen molar-refractivity contribution in [2.24, 2.45) is 0 Å². The molecule has 1 N–H and O–H groups in total. The average Bonchev–Trinajstić information content (AvgIpc) is 1.93. The van der Waals surface area contributed by atoms with E-state index < -0.39 is 0 Å². The number of ether oxygens (including phenoxy) is 1. The minimum atomic E-state index is -0.143. The van der Waals surface area contributed by atoms with Crippen LogP contribution in [0, 0.1) is 0 Å². The Labute approximate surface area is 510 Å². The fourth-order valence-corrected chi connectivity index (χ4v) is 15.9. The van der Waals surface area contributed by atoms with Gasteiger partial charge in [0.1, 0.15) is 11.5 Å². The monoisotopic (exact) mass is 1130 g/mol. The lowest BCUT2D eigenvalue weighted by molar-refractivity contribution is 0.488. The fourth-order valence-electron chi connectivity index (χ4n) is 14.7. The van der Waals surface area contributed by atoms with E-state index in [4.69, 9.17) is 4.74 Å². The van der Waals surface area contributed by atoms with Crippen LogP contribution in [0.15, 0.2) is 313 Å². The van der Waals surface area contributed by atoms with Crippen molar-refractivity contribution in [3.63, 3.8) is 0 Å². The number of nitrogens with one attached hydrogen (secondary N) is 1. The van der Waals surface area contributed by atoms with Crippen LogP contribution in [-0.2, 0) is 0 Å². The van der Waals surface area contributed by atoms with E-state index in [-0.39, 0.29) is 19.3 Å². The molecule has 0 radical (unpaired) electrons. The van der Waals surface area contributed by atoms with Crippen LogP contribution in [0.3, 0.4) is 0 Å². The predicted octanol–water partition coefficient (Wildman–Crippen LogP) is 16.5. The van der Waals surface area contributed by atoms with Gasteiger partial charge in [-0.2, -0.15) is 0 Å². The van der Waals surface area contributed by atoms with Crippen LogP contribution in [-0.4, -0.2) is 18.0 Å². The molecule has 0 amide bonds. The lowest BCUT2D eigenvalue weighted by Crippen LogP contribution is -2.59. The molecule has 0 fully saturated rings. The van der Waals surface area contributed by atoms with E-state index >= 15 is 0 Å². The van der Waals surface area contributed by atoms with E-state index in [1.807, 2.05) is 11.8 Å². The standard InChI is InChI=1S/C79H52B2N4OS/c1-8-25-51(26-9-1)60-39-24-41-64-79(60)82-67-45-59(83(55-31-14-4-15-32-55)56-33-16-5-17-34-56)46-73-77(67)81(64)65-47-61-62-48-66-74(50-70(62)85(58-37-20-7-21-38-58)69(61)49-72(65)86-73)87-75-44-54(76(52-27-10-2-11-28-52)53-29-12-3-13-30-53)43-71-78(75)80(66)63-40-22-23-42-68(63)84(71)57-35-18-6-19-36-57/h1-50,76,82H. The van der Waals surface area contributed by atoms with Gasteiger partial charge in [-0.05, 0) is 128 Å². The van der Waals surface area contributed by atoms with Gasteiger partial charge in [0.2, 0.25) is 6.71 Å². The molecule has 13 aromatic carbocycles.